The molecule has 1 unspecified atom stereocenters. The number of amides is 1. The molecule has 1 atom stereocenters. The summed E-state index contributed by atoms with van der Waals surface area (Å²) in [6.45, 7) is 3.46. The standard InChI is InChI=1S/C18H18BrN5O3/c1-12(14-5-7-15(8-6-14)22-9-3-4-10-22)20-16(25)11-23-13(2)17(19)18(21-23)24(26)27/h3-10,12H,11H2,1-2H3,(H,20,25). The van der Waals surface area contributed by atoms with Gasteiger partial charge in [-0.2, -0.15) is 4.68 Å². The highest BCUT2D eigenvalue weighted by atomic mass is 79.9. The summed E-state index contributed by atoms with van der Waals surface area (Å²) in [5, 5.41) is 17.7. The average Bonchev–Trinajstić information content (AvgIpc) is 3.26. The van der Waals surface area contributed by atoms with Crippen LogP contribution < -0.4 is 5.32 Å². The predicted molar refractivity (Wildman–Crippen MR) is 104 cm³/mol. The topological polar surface area (TPSA) is 95.0 Å². The fourth-order valence-electron chi connectivity index (χ4n) is 2.73. The van der Waals surface area contributed by atoms with Crippen LogP contribution in [0.15, 0.2) is 53.3 Å². The van der Waals surface area contributed by atoms with Crippen LogP contribution in [0.25, 0.3) is 5.69 Å². The van der Waals surface area contributed by atoms with E-state index in [1.54, 1.807) is 6.92 Å². The van der Waals surface area contributed by atoms with Crippen molar-refractivity contribution in [3.8, 4) is 5.69 Å². The first-order chi connectivity index (χ1) is 12.9. The van der Waals surface area contributed by atoms with E-state index in [4.69, 9.17) is 0 Å². The van der Waals surface area contributed by atoms with E-state index in [1.807, 2.05) is 60.3 Å². The van der Waals surface area contributed by atoms with Crippen molar-refractivity contribution in [2.24, 2.45) is 0 Å². The number of halogens is 1. The smallest absolute Gasteiger partial charge is 0.358 e. The van der Waals surface area contributed by atoms with Crippen LogP contribution in [0, 0.1) is 17.0 Å². The zero-order valence-electron chi connectivity index (χ0n) is 14.8. The van der Waals surface area contributed by atoms with Crippen molar-refractivity contribution in [3.63, 3.8) is 0 Å². The lowest BCUT2D eigenvalue weighted by Gasteiger charge is -2.15. The van der Waals surface area contributed by atoms with Gasteiger partial charge >= 0.3 is 5.82 Å². The van der Waals surface area contributed by atoms with E-state index in [1.165, 1.54) is 4.68 Å². The molecular weight excluding hydrogens is 414 g/mol. The number of aromatic nitrogens is 3. The van der Waals surface area contributed by atoms with E-state index in [0.29, 0.717) is 5.69 Å². The summed E-state index contributed by atoms with van der Waals surface area (Å²) in [4.78, 5) is 22.7. The van der Waals surface area contributed by atoms with Gasteiger partial charge < -0.3 is 20.0 Å². The molecule has 0 aliphatic heterocycles. The zero-order valence-corrected chi connectivity index (χ0v) is 16.4. The van der Waals surface area contributed by atoms with Gasteiger partial charge in [0.15, 0.2) is 0 Å². The Labute approximate surface area is 164 Å². The lowest BCUT2D eigenvalue weighted by atomic mass is 10.1. The van der Waals surface area contributed by atoms with Gasteiger partial charge in [0.05, 0.1) is 16.8 Å². The molecule has 0 aliphatic rings. The predicted octanol–water partition coefficient (Wildman–Crippen LogP) is 3.53. The maximum Gasteiger partial charge on any atom is 0.404 e. The number of carbonyl (C=O) groups excluding carboxylic acids is 1. The van der Waals surface area contributed by atoms with Crippen LogP contribution in [0.4, 0.5) is 5.82 Å². The van der Waals surface area contributed by atoms with Crippen molar-refractivity contribution in [2.75, 3.05) is 0 Å². The highest BCUT2D eigenvalue weighted by molar-refractivity contribution is 9.10. The average molecular weight is 432 g/mol. The molecule has 0 bridgehead atoms. The molecule has 0 aliphatic carbocycles. The lowest BCUT2D eigenvalue weighted by molar-refractivity contribution is -0.390. The van der Waals surface area contributed by atoms with E-state index in [2.05, 4.69) is 26.3 Å². The number of hydrogen-bond acceptors (Lipinski definition) is 4. The van der Waals surface area contributed by atoms with Gasteiger partial charge in [0.2, 0.25) is 5.91 Å². The first-order valence-electron chi connectivity index (χ1n) is 8.26. The number of nitrogens with zero attached hydrogens (tertiary/aromatic N) is 4. The van der Waals surface area contributed by atoms with Crippen LogP contribution in [0.5, 0.6) is 0 Å². The summed E-state index contributed by atoms with van der Waals surface area (Å²) in [5.41, 5.74) is 2.52. The molecule has 1 aromatic carbocycles. The second-order valence-corrected chi connectivity index (χ2v) is 6.90. The maximum atomic E-state index is 12.3. The van der Waals surface area contributed by atoms with E-state index in [9.17, 15) is 14.9 Å². The first kappa shape index (κ1) is 18.8. The molecule has 3 rings (SSSR count). The molecule has 0 spiro atoms. The first-order valence-corrected chi connectivity index (χ1v) is 9.06. The highest BCUT2D eigenvalue weighted by Gasteiger charge is 2.24. The Morgan fingerprint density at radius 2 is 1.93 bits per heavy atom. The minimum Gasteiger partial charge on any atom is -0.358 e. The minimum atomic E-state index is -0.583. The number of benzene rings is 1. The second-order valence-electron chi connectivity index (χ2n) is 6.11. The Morgan fingerprint density at radius 3 is 2.48 bits per heavy atom. The van der Waals surface area contributed by atoms with Crippen molar-refractivity contribution < 1.29 is 9.72 Å². The van der Waals surface area contributed by atoms with Gasteiger partial charge in [-0.15, -0.1) is 0 Å². The molecule has 1 amide bonds. The molecule has 1 N–H and O–H groups in total. The number of carbonyl (C=O) groups is 1. The van der Waals surface area contributed by atoms with Gasteiger partial charge in [-0.3, -0.25) is 4.79 Å². The highest BCUT2D eigenvalue weighted by Crippen LogP contribution is 2.26. The largest absolute Gasteiger partial charge is 0.404 e. The van der Waals surface area contributed by atoms with E-state index in [0.717, 1.165) is 11.3 Å². The van der Waals surface area contributed by atoms with E-state index < -0.39 is 4.92 Å². The van der Waals surface area contributed by atoms with Crippen LogP contribution >= 0.6 is 15.9 Å². The molecule has 2 aromatic heterocycles. The van der Waals surface area contributed by atoms with Crippen LogP contribution in [0.1, 0.15) is 24.2 Å². The summed E-state index contributed by atoms with van der Waals surface area (Å²) >= 11 is 3.14. The third-order valence-corrected chi connectivity index (χ3v) is 5.18. The molecule has 0 radical (unpaired) electrons. The Bertz CT molecular complexity index is 964. The van der Waals surface area contributed by atoms with Crippen LogP contribution in [-0.4, -0.2) is 25.2 Å². The van der Waals surface area contributed by atoms with Crippen molar-refractivity contribution >= 4 is 27.7 Å². The molecule has 3 aromatic rings. The van der Waals surface area contributed by atoms with Crippen LogP contribution in [0.3, 0.4) is 0 Å². The van der Waals surface area contributed by atoms with Gasteiger partial charge in [-0.25, -0.2) is 0 Å². The van der Waals surface area contributed by atoms with E-state index in [-0.39, 0.29) is 28.8 Å². The number of hydrogen-bond donors (Lipinski definition) is 1. The van der Waals surface area contributed by atoms with Crippen molar-refractivity contribution in [3.05, 3.63) is 74.6 Å². The fourth-order valence-corrected chi connectivity index (χ4v) is 3.16. The zero-order chi connectivity index (χ0) is 19.6. The fraction of sp³-hybridized carbons (Fsp3) is 0.222. The van der Waals surface area contributed by atoms with Gasteiger partial charge in [-0.05, 0) is 64.5 Å². The third kappa shape index (κ3) is 4.08. The van der Waals surface area contributed by atoms with Gasteiger partial charge in [0, 0.05) is 18.1 Å². The Kier molecular flexibility index (Phi) is 5.41. The SMILES string of the molecule is Cc1c(Br)c([N+](=O)[O-])nn1CC(=O)NC(C)c1ccc(-n2cccc2)cc1. The summed E-state index contributed by atoms with van der Waals surface area (Å²) in [5.74, 6) is -0.570. The van der Waals surface area contributed by atoms with Crippen molar-refractivity contribution in [1.82, 2.24) is 19.7 Å². The quantitative estimate of drug-likeness (QED) is 0.476. The second kappa shape index (κ2) is 7.75. The van der Waals surface area contributed by atoms with Crippen LogP contribution in [-0.2, 0) is 11.3 Å². The van der Waals surface area contributed by atoms with Gasteiger partial charge in [-0.1, -0.05) is 12.1 Å². The number of nitro groups is 1. The van der Waals surface area contributed by atoms with Gasteiger partial charge in [0.25, 0.3) is 0 Å². The molecule has 140 valence electrons. The summed E-state index contributed by atoms with van der Waals surface area (Å²) < 4.78 is 3.60. The van der Waals surface area contributed by atoms with Crippen molar-refractivity contribution in [1.29, 1.82) is 0 Å². The molecule has 0 saturated carbocycles. The number of rotatable bonds is 6. The summed E-state index contributed by atoms with van der Waals surface area (Å²) in [6.07, 6.45) is 3.92. The Hall–Kier alpha value is -2.94. The molecule has 0 fully saturated rings. The lowest BCUT2D eigenvalue weighted by Crippen LogP contribution is -2.30. The summed E-state index contributed by atoms with van der Waals surface area (Å²) in [6, 6.07) is 11.6. The van der Waals surface area contributed by atoms with Gasteiger partial charge in [0.1, 0.15) is 11.0 Å². The minimum absolute atomic E-state index is 0.0932. The normalized spacial score (nSPS) is 12.0. The Morgan fingerprint density at radius 1 is 1.30 bits per heavy atom. The van der Waals surface area contributed by atoms with E-state index >= 15 is 0 Å². The molecular formula is C18H18BrN5O3. The molecule has 8 nitrogen and oxygen atoms in total. The maximum absolute atomic E-state index is 12.3. The monoisotopic (exact) mass is 431 g/mol. The molecule has 2 heterocycles. The Balaban J connectivity index is 1.66. The summed E-state index contributed by atoms with van der Waals surface area (Å²) in [7, 11) is 0. The van der Waals surface area contributed by atoms with Crippen molar-refractivity contribution in [2.45, 2.75) is 26.4 Å². The third-order valence-electron chi connectivity index (χ3n) is 4.26. The van der Waals surface area contributed by atoms with Crippen LogP contribution in [0.2, 0.25) is 0 Å². The molecule has 9 heteroatoms. The molecule has 0 saturated heterocycles. The number of nitrogens with one attached hydrogen (secondary N) is 1. The molecule has 27 heavy (non-hydrogen) atoms.